The van der Waals surface area contributed by atoms with E-state index in [4.69, 9.17) is 0 Å². The van der Waals surface area contributed by atoms with Crippen LogP contribution in [0.25, 0.3) is 0 Å². The summed E-state index contributed by atoms with van der Waals surface area (Å²) < 4.78 is 27.4. The summed E-state index contributed by atoms with van der Waals surface area (Å²) >= 11 is 0. The van der Waals surface area contributed by atoms with Gasteiger partial charge in [0.05, 0.1) is 12.7 Å². The van der Waals surface area contributed by atoms with Gasteiger partial charge in [-0.15, -0.1) is 0 Å². The van der Waals surface area contributed by atoms with E-state index in [0.717, 1.165) is 6.54 Å². The first-order valence-corrected chi connectivity index (χ1v) is 7.45. The van der Waals surface area contributed by atoms with Crippen LogP contribution in [0.15, 0.2) is 17.3 Å². The van der Waals surface area contributed by atoms with Crippen molar-refractivity contribution in [1.29, 1.82) is 0 Å². The normalized spacial score (nSPS) is 12.6. The molecular weight excluding hydrogens is 252 g/mol. The fraction of sp³-hybridized carbons (Fsp3) is 0.727. The number of rotatable bonds is 7. The molecule has 7 heteroatoms. The first kappa shape index (κ1) is 15.1. The van der Waals surface area contributed by atoms with Crippen LogP contribution in [0.4, 0.5) is 0 Å². The summed E-state index contributed by atoms with van der Waals surface area (Å²) in [6.07, 6.45) is 2.98. The van der Waals surface area contributed by atoms with E-state index in [0.29, 0.717) is 19.0 Å². The topological polar surface area (TPSA) is 67.2 Å². The molecule has 0 aliphatic carbocycles. The van der Waals surface area contributed by atoms with Gasteiger partial charge in [0.25, 0.3) is 0 Å². The lowest BCUT2D eigenvalue weighted by Crippen LogP contribution is -2.30. The highest BCUT2D eigenvalue weighted by molar-refractivity contribution is 7.89. The maximum Gasteiger partial charge on any atom is 0.245 e. The molecule has 1 heterocycles. The second-order valence-corrected chi connectivity index (χ2v) is 6.77. The molecule has 104 valence electrons. The lowest BCUT2D eigenvalue weighted by atomic mass is 10.2. The van der Waals surface area contributed by atoms with Gasteiger partial charge in [-0.3, -0.25) is 4.68 Å². The van der Waals surface area contributed by atoms with Crippen molar-refractivity contribution in [2.75, 3.05) is 27.2 Å². The molecule has 0 amide bonds. The van der Waals surface area contributed by atoms with Crippen LogP contribution in [0.3, 0.4) is 0 Å². The van der Waals surface area contributed by atoms with Crippen molar-refractivity contribution in [3.63, 3.8) is 0 Å². The molecule has 0 saturated carbocycles. The molecular formula is C11H22N4O2S. The smallest absolute Gasteiger partial charge is 0.245 e. The Kier molecular flexibility index (Phi) is 5.30. The van der Waals surface area contributed by atoms with Crippen LogP contribution in [0.5, 0.6) is 0 Å². The molecule has 0 aromatic carbocycles. The lowest BCUT2D eigenvalue weighted by molar-refractivity contribution is 0.417. The molecule has 0 bridgehead atoms. The van der Waals surface area contributed by atoms with Crippen LogP contribution < -0.4 is 5.32 Å². The van der Waals surface area contributed by atoms with Crippen LogP contribution >= 0.6 is 0 Å². The summed E-state index contributed by atoms with van der Waals surface area (Å²) in [5.74, 6) is 0.295. The Morgan fingerprint density at radius 2 is 2.17 bits per heavy atom. The van der Waals surface area contributed by atoms with Crippen LogP contribution in [0, 0.1) is 5.92 Å². The van der Waals surface area contributed by atoms with Gasteiger partial charge in [-0.25, -0.2) is 12.7 Å². The van der Waals surface area contributed by atoms with Gasteiger partial charge in [-0.2, -0.15) is 5.10 Å². The number of nitrogens with zero attached hydrogens (tertiary/aromatic N) is 3. The fourth-order valence-electron chi connectivity index (χ4n) is 1.62. The highest BCUT2D eigenvalue weighted by atomic mass is 32.2. The van der Waals surface area contributed by atoms with E-state index < -0.39 is 10.0 Å². The maximum atomic E-state index is 12.2. The Balaban J connectivity index is 2.81. The van der Waals surface area contributed by atoms with E-state index in [9.17, 15) is 8.42 Å². The first-order chi connectivity index (χ1) is 8.37. The first-order valence-electron chi connectivity index (χ1n) is 6.01. The van der Waals surface area contributed by atoms with E-state index in [2.05, 4.69) is 10.4 Å². The summed E-state index contributed by atoms with van der Waals surface area (Å²) in [7, 11) is 0.0336. The third-order valence-electron chi connectivity index (χ3n) is 2.53. The van der Waals surface area contributed by atoms with Crippen molar-refractivity contribution in [1.82, 2.24) is 19.4 Å². The van der Waals surface area contributed by atoms with Crippen LogP contribution in [-0.4, -0.2) is 49.7 Å². The maximum absolute atomic E-state index is 12.2. The zero-order chi connectivity index (χ0) is 13.8. The average Bonchev–Trinajstić information content (AvgIpc) is 2.74. The minimum atomic E-state index is -3.41. The third-order valence-corrected chi connectivity index (χ3v) is 4.31. The number of nitrogens with one attached hydrogen (secondary N) is 1. The molecule has 1 N–H and O–H groups in total. The van der Waals surface area contributed by atoms with Gasteiger partial charge in [0, 0.05) is 26.3 Å². The van der Waals surface area contributed by atoms with Gasteiger partial charge >= 0.3 is 0 Å². The minimum Gasteiger partial charge on any atom is -0.318 e. The second-order valence-electron chi connectivity index (χ2n) is 4.72. The predicted molar refractivity (Wildman–Crippen MR) is 70.8 cm³/mol. The quantitative estimate of drug-likeness (QED) is 0.780. The Bertz CT molecular complexity index is 467. The number of sulfonamides is 1. The monoisotopic (exact) mass is 274 g/mol. The molecule has 0 spiro atoms. The van der Waals surface area contributed by atoms with Crippen LogP contribution in [-0.2, 0) is 16.6 Å². The molecule has 0 aliphatic heterocycles. The average molecular weight is 274 g/mol. The third kappa shape index (κ3) is 3.79. The standard InChI is InChI=1S/C11H22N4O2S/c1-10(2)8-14(4)18(16,17)11-7-13-15(9-11)6-5-12-3/h7,9-10,12H,5-6,8H2,1-4H3. The van der Waals surface area contributed by atoms with Crippen molar-refractivity contribution in [3.05, 3.63) is 12.4 Å². The fourth-order valence-corrected chi connectivity index (χ4v) is 2.91. The zero-order valence-corrected chi connectivity index (χ0v) is 12.2. The number of likely N-dealkylation sites (N-methyl/N-ethyl adjacent to an activating group) is 1. The zero-order valence-electron chi connectivity index (χ0n) is 11.4. The van der Waals surface area contributed by atoms with Gasteiger partial charge in [0.15, 0.2) is 0 Å². The molecule has 18 heavy (non-hydrogen) atoms. The van der Waals surface area contributed by atoms with Crippen molar-refractivity contribution in [2.45, 2.75) is 25.3 Å². The SMILES string of the molecule is CNCCn1cc(S(=O)(=O)N(C)CC(C)C)cn1. The van der Waals surface area contributed by atoms with Crippen LogP contribution in [0.1, 0.15) is 13.8 Å². The molecule has 6 nitrogen and oxygen atoms in total. The number of aromatic nitrogens is 2. The Labute approximate surface area is 109 Å². The Morgan fingerprint density at radius 1 is 1.50 bits per heavy atom. The van der Waals surface area contributed by atoms with Gasteiger partial charge in [-0.05, 0) is 13.0 Å². The predicted octanol–water partition coefficient (Wildman–Crippen LogP) is 0.379. The van der Waals surface area contributed by atoms with Gasteiger partial charge in [0.1, 0.15) is 4.90 Å². The molecule has 1 rings (SSSR count). The molecule has 0 atom stereocenters. The van der Waals surface area contributed by atoms with Crippen molar-refractivity contribution < 1.29 is 8.42 Å². The number of hydrogen-bond donors (Lipinski definition) is 1. The Morgan fingerprint density at radius 3 is 2.72 bits per heavy atom. The van der Waals surface area contributed by atoms with Gasteiger partial charge in [-0.1, -0.05) is 13.8 Å². The largest absolute Gasteiger partial charge is 0.318 e. The van der Waals surface area contributed by atoms with E-state index in [1.54, 1.807) is 17.9 Å². The molecule has 0 saturated heterocycles. The van der Waals surface area contributed by atoms with E-state index in [1.165, 1.54) is 10.5 Å². The van der Waals surface area contributed by atoms with Crippen LogP contribution in [0.2, 0.25) is 0 Å². The highest BCUT2D eigenvalue weighted by Gasteiger charge is 2.22. The minimum absolute atomic E-state index is 0.252. The molecule has 0 aliphatic rings. The van der Waals surface area contributed by atoms with Crippen molar-refractivity contribution in [3.8, 4) is 0 Å². The van der Waals surface area contributed by atoms with E-state index in [-0.39, 0.29) is 4.90 Å². The Hall–Kier alpha value is -0.920. The highest BCUT2D eigenvalue weighted by Crippen LogP contribution is 2.14. The summed E-state index contributed by atoms with van der Waals surface area (Å²) in [6, 6.07) is 0. The van der Waals surface area contributed by atoms with Gasteiger partial charge in [0.2, 0.25) is 10.0 Å². The summed E-state index contributed by atoms with van der Waals surface area (Å²) in [6.45, 7) is 5.89. The van der Waals surface area contributed by atoms with Crippen molar-refractivity contribution >= 4 is 10.0 Å². The molecule has 0 radical (unpaired) electrons. The molecule has 1 aromatic heterocycles. The molecule has 0 unspecified atom stereocenters. The van der Waals surface area contributed by atoms with E-state index >= 15 is 0 Å². The van der Waals surface area contributed by atoms with Crippen molar-refractivity contribution in [2.24, 2.45) is 5.92 Å². The summed E-state index contributed by atoms with van der Waals surface area (Å²) in [5.41, 5.74) is 0. The second kappa shape index (κ2) is 6.31. The summed E-state index contributed by atoms with van der Waals surface area (Å²) in [5, 5.41) is 7.04. The number of hydrogen-bond acceptors (Lipinski definition) is 4. The molecule has 1 aromatic rings. The summed E-state index contributed by atoms with van der Waals surface area (Å²) in [4.78, 5) is 0.252. The molecule has 0 fully saturated rings. The lowest BCUT2D eigenvalue weighted by Gasteiger charge is -2.17. The van der Waals surface area contributed by atoms with E-state index in [1.807, 2.05) is 20.9 Å². The van der Waals surface area contributed by atoms with Gasteiger partial charge < -0.3 is 5.32 Å².